The maximum absolute atomic E-state index is 13.5. The number of rotatable bonds is 9. The van der Waals surface area contributed by atoms with E-state index in [1.54, 1.807) is 26.4 Å². The molecule has 42 heavy (non-hydrogen) atoms. The molecule has 0 aliphatic carbocycles. The van der Waals surface area contributed by atoms with E-state index in [1.807, 2.05) is 47.2 Å². The zero-order valence-electron chi connectivity index (χ0n) is 23.3. The van der Waals surface area contributed by atoms with Gasteiger partial charge in [-0.25, -0.2) is 14.1 Å². The van der Waals surface area contributed by atoms with Crippen molar-refractivity contribution in [1.29, 1.82) is 0 Å². The highest BCUT2D eigenvalue weighted by atomic mass is 35.5. The van der Waals surface area contributed by atoms with Crippen LogP contribution in [0.25, 0.3) is 5.69 Å². The molecule has 1 aromatic heterocycles. The second-order valence-corrected chi connectivity index (χ2v) is 10.9. The Kier molecular flexibility index (Phi) is 8.55. The molecule has 2 unspecified atom stereocenters. The lowest BCUT2D eigenvalue weighted by Gasteiger charge is -2.37. The van der Waals surface area contributed by atoms with Crippen molar-refractivity contribution in [2.24, 2.45) is 0 Å². The van der Waals surface area contributed by atoms with E-state index in [1.165, 1.54) is 0 Å². The van der Waals surface area contributed by atoms with Gasteiger partial charge in [0.05, 0.1) is 44.7 Å². The Morgan fingerprint density at radius 2 is 1.98 bits per heavy atom. The predicted octanol–water partition coefficient (Wildman–Crippen LogP) is 3.01. The number of methoxy groups -OCH3 is 2. The van der Waals surface area contributed by atoms with E-state index in [0.29, 0.717) is 22.1 Å². The third-order valence-corrected chi connectivity index (χ3v) is 8.06. The van der Waals surface area contributed by atoms with Crippen LogP contribution in [0.4, 0.5) is 0 Å². The first-order valence-electron chi connectivity index (χ1n) is 13.5. The van der Waals surface area contributed by atoms with Gasteiger partial charge in [0.15, 0.2) is 24.6 Å². The standard InChI is InChI=1S/C30H32ClN3O8/c1-40-24-7-3-5-20(30(24)41-2)29-21-13-18(31)8-9-22(21)33-11-4-6-23(33)25(42-29)14-19(35)15-27(37)34(17-28(38)39)12-10-32-26(36)16-34/h3-9,11,13,19,25,29,35H,10,12,14-17H2,1-2H3,(H-,32,36,38,39)/p+1/t19?,25-,29-,34?/m1/s1. The van der Waals surface area contributed by atoms with Crippen molar-refractivity contribution in [3.8, 4) is 17.2 Å². The molecule has 1 fully saturated rings. The highest BCUT2D eigenvalue weighted by molar-refractivity contribution is 6.30. The van der Waals surface area contributed by atoms with Crippen LogP contribution in [0.1, 0.15) is 41.9 Å². The Bertz CT molecular complexity index is 1500. The van der Waals surface area contributed by atoms with Crippen molar-refractivity contribution >= 4 is 29.4 Å². The Labute approximate surface area is 247 Å². The number of nitrogens with one attached hydrogen (secondary N) is 1. The van der Waals surface area contributed by atoms with E-state index in [0.717, 1.165) is 16.9 Å². The number of piperazine rings is 1. The largest absolute Gasteiger partial charge is 0.493 e. The molecule has 0 spiro atoms. The summed E-state index contributed by atoms with van der Waals surface area (Å²) in [5.74, 6) is -1.10. The number of benzene rings is 2. The number of aromatic nitrogens is 1. The van der Waals surface area contributed by atoms with Crippen molar-refractivity contribution in [2.45, 2.75) is 31.2 Å². The lowest BCUT2D eigenvalue weighted by Crippen LogP contribution is -2.65. The lowest BCUT2D eigenvalue weighted by molar-refractivity contribution is -0.841. The summed E-state index contributed by atoms with van der Waals surface area (Å²) >= 11 is 6.46. The molecule has 2 aromatic carbocycles. The van der Waals surface area contributed by atoms with Gasteiger partial charge in [0.2, 0.25) is 0 Å². The number of amides is 2. The first-order valence-corrected chi connectivity index (χ1v) is 13.9. The molecule has 0 saturated carbocycles. The van der Waals surface area contributed by atoms with Gasteiger partial charge in [0, 0.05) is 28.8 Å². The van der Waals surface area contributed by atoms with E-state index >= 15 is 0 Å². The van der Waals surface area contributed by atoms with Crippen LogP contribution in [-0.2, 0) is 19.1 Å². The summed E-state index contributed by atoms with van der Waals surface area (Å²) in [5.41, 5.74) is 3.03. The van der Waals surface area contributed by atoms with Crippen LogP contribution < -0.4 is 14.8 Å². The maximum Gasteiger partial charge on any atom is 0.359 e. The van der Waals surface area contributed by atoms with Crippen LogP contribution in [0.5, 0.6) is 11.5 Å². The van der Waals surface area contributed by atoms with Gasteiger partial charge in [0.1, 0.15) is 18.8 Å². The van der Waals surface area contributed by atoms with Gasteiger partial charge in [-0.2, -0.15) is 0 Å². The molecular weight excluding hydrogens is 566 g/mol. The highest BCUT2D eigenvalue weighted by Gasteiger charge is 2.44. The fourth-order valence-corrected chi connectivity index (χ4v) is 6.09. The zero-order valence-corrected chi connectivity index (χ0v) is 24.0. The molecule has 11 nitrogen and oxygen atoms in total. The van der Waals surface area contributed by atoms with E-state index < -0.39 is 47.1 Å². The third-order valence-electron chi connectivity index (χ3n) is 7.83. The van der Waals surface area contributed by atoms with Crippen LogP contribution in [0.3, 0.4) is 0 Å². The topological polar surface area (TPSA) is 136 Å². The molecule has 3 heterocycles. The van der Waals surface area contributed by atoms with Gasteiger partial charge in [0.25, 0.3) is 5.91 Å². The van der Waals surface area contributed by atoms with Gasteiger partial charge in [-0.3, -0.25) is 4.79 Å². The summed E-state index contributed by atoms with van der Waals surface area (Å²) in [7, 11) is 3.10. The lowest BCUT2D eigenvalue weighted by atomic mass is 9.98. The molecule has 4 atom stereocenters. The second kappa shape index (κ2) is 12.1. The summed E-state index contributed by atoms with van der Waals surface area (Å²) in [6.45, 7) is -0.498. The normalized spacial score (nSPS) is 22.2. The Morgan fingerprint density at radius 1 is 1.17 bits per heavy atom. The van der Waals surface area contributed by atoms with Crippen LogP contribution >= 0.6 is 11.6 Å². The highest BCUT2D eigenvalue weighted by Crippen LogP contribution is 2.46. The minimum absolute atomic E-state index is 0.0273. The summed E-state index contributed by atoms with van der Waals surface area (Å²) in [6, 6.07) is 14.8. The van der Waals surface area contributed by atoms with E-state index in [2.05, 4.69) is 5.32 Å². The number of hydrogen-bond acceptors (Lipinski definition) is 7. The van der Waals surface area contributed by atoms with Gasteiger partial charge in [-0.15, -0.1) is 0 Å². The van der Waals surface area contributed by atoms with E-state index in [-0.39, 0.29) is 32.5 Å². The summed E-state index contributed by atoms with van der Waals surface area (Å²) < 4.78 is 19.4. The summed E-state index contributed by atoms with van der Waals surface area (Å²) in [4.78, 5) is 37.2. The number of fused-ring (bicyclic) bond motifs is 3. The van der Waals surface area contributed by atoms with Crippen molar-refractivity contribution in [1.82, 2.24) is 9.88 Å². The van der Waals surface area contributed by atoms with Gasteiger partial charge >= 0.3 is 11.9 Å². The van der Waals surface area contributed by atoms with Crippen molar-refractivity contribution in [3.05, 3.63) is 76.6 Å². The second-order valence-electron chi connectivity index (χ2n) is 10.5. The molecule has 2 aliphatic heterocycles. The summed E-state index contributed by atoms with van der Waals surface area (Å²) in [5, 5.41) is 23.9. The monoisotopic (exact) mass is 598 g/mol. The average Bonchev–Trinajstić information content (AvgIpc) is 3.40. The Hall–Kier alpha value is -3.90. The predicted molar refractivity (Wildman–Crippen MR) is 152 cm³/mol. The number of nitrogens with zero attached hydrogens (tertiary/aromatic N) is 2. The number of carboxylic acids is 1. The molecule has 222 valence electrons. The molecule has 0 bridgehead atoms. The number of aliphatic hydroxyl groups excluding tert-OH is 1. The molecule has 1 saturated heterocycles. The van der Waals surface area contributed by atoms with Crippen LogP contribution in [0, 0.1) is 0 Å². The van der Waals surface area contributed by atoms with Crippen molar-refractivity contribution < 1.29 is 43.3 Å². The number of carboxylic acid groups (broad SMARTS) is 1. The average molecular weight is 599 g/mol. The number of aliphatic hydroxyl groups is 1. The SMILES string of the molecule is COc1cccc([C@H]2O[C@H](CC(O)CC(=O)[N+]3(CC(=O)O)CCNC(=O)C3)c3cccn3-c3ccc(Cl)cc32)c1OC. The summed E-state index contributed by atoms with van der Waals surface area (Å²) in [6.07, 6.45) is -0.981. The quantitative estimate of drug-likeness (QED) is 0.320. The third kappa shape index (κ3) is 5.73. The minimum atomic E-state index is -1.19. The Balaban J connectivity index is 1.49. The van der Waals surface area contributed by atoms with E-state index in [4.69, 9.17) is 25.8 Å². The van der Waals surface area contributed by atoms with Crippen LogP contribution in [-0.4, -0.2) is 83.5 Å². The van der Waals surface area contributed by atoms with Crippen molar-refractivity contribution in [2.75, 3.05) is 40.4 Å². The molecule has 2 aliphatic rings. The zero-order chi connectivity index (χ0) is 30.0. The van der Waals surface area contributed by atoms with E-state index in [9.17, 15) is 24.6 Å². The molecule has 2 amide bonds. The van der Waals surface area contributed by atoms with Gasteiger partial charge in [-0.1, -0.05) is 23.7 Å². The van der Waals surface area contributed by atoms with Gasteiger partial charge in [-0.05, 0) is 36.4 Å². The fraction of sp³-hybridized carbons (Fsp3) is 0.367. The number of ether oxygens (including phenoxy) is 3. The van der Waals surface area contributed by atoms with Crippen LogP contribution in [0.15, 0.2) is 54.7 Å². The maximum atomic E-state index is 13.5. The number of carbonyl (C=O) groups is 3. The number of carbonyl (C=O) groups excluding carboxylic acids is 2. The Morgan fingerprint density at radius 3 is 2.69 bits per heavy atom. The molecule has 3 N–H and O–H groups in total. The fourth-order valence-electron chi connectivity index (χ4n) is 5.91. The van der Waals surface area contributed by atoms with Crippen molar-refractivity contribution in [3.63, 3.8) is 0 Å². The van der Waals surface area contributed by atoms with Gasteiger partial charge < -0.3 is 34.3 Å². The molecule has 12 heteroatoms. The number of para-hydroxylation sites is 1. The molecule has 0 radical (unpaired) electrons. The molecular formula is C30H33ClN3O8+. The first-order chi connectivity index (χ1) is 20.2. The molecule has 3 aromatic rings. The molecule has 5 rings (SSSR count). The number of halogens is 1. The smallest absolute Gasteiger partial charge is 0.359 e. The number of aliphatic carboxylic acids is 1. The minimum Gasteiger partial charge on any atom is -0.493 e. The number of quaternary nitrogens is 1. The number of hydrogen-bond donors (Lipinski definition) is 3. The first kappa shape index (κ1) is 29.6. The van der Waals surface area contributed by atoms with Crippen LogP contribution in [0.2, 0.25) is 5.02 Å².